The normalized spacial score (nSPS) is 10.6. The minimum Gasteiger partial charge on any atom is -0.396 e. The molecule has 1 N–H and O–H groups in total. The van der Waals surface area contributed by atoms with Crippen LogP contribution < -0.4 is 0 Å². The number of allylic oxidation sites excluding steroid dienone is 1. The first-order chi connectivity index (χ1) is 7.91. The van der Waals surface area contributed by atoms with Crippen molar-refractivity contribution < 1.29 is 5.11 Å². The van der Waals surface area contributed by atoms with Crippen LogP contribution in [-0.4, -0.2) is 11.7 Å². The molecule has 0 saturated carbocycles. The summed E-state index contributed by atoms with van der Waals surface area (Å²) in [4.78, 5) is 0. The van der Waals surface area contributed by atoms with Gasteiger partial charge in [-0.05, 0) is 19.3 Å². The second-order valence-corrected chi connectivity index (χ2v) is 4.69. The van der Waals surface area contributed by atoms with Gasteiger partial charge in [-0.1, -0.05) is 63.9 Å². The molecular formula is C15H30O. The number of aliphatic hydroxyl groups excluding tert-OH is 1. The van der Waals surface area contributed by atoms with Crippen molar-refractivity contribution >= 4 is 0 Å². The minimum absolute atomic E-state index is 0.366. The molecule has 16 heavy (non-hydrogen) atoms. The molecule has 0 rings (SSSR count). The van der Waals surface area contributed by atoms with Crippen LogP contribution in [0.5, 0.6) is 0 Å². The fourth-order valence-electron chi connectivity index (χ4n) is 1.99. The first-order valence-corrected chi connectivity index (χ1v) is 7.13. The smallest absolute Gasteiger partial charge is 0.0431 e. The van der Waals surface area contributed by atoms with E-state index in [0.29, 0.717) is 6.61 Å². The Morgan fingerprint density at radius 3 is 1.38 bits per heavy atom. The van der Waals surface area contributed by atoms with Gasteiger partial charge in [0.05, 0.1) is 0 Å². The van der Waals surface area contributed by atoms with Crippen LogP contribution in [0.15, 0.2) is 12.7 Å². The quantitative estimate of drug-likeness (QED) is 0.352. The van der Waals surface area contributed by atoms with E-state index in [1.807, 2.05) is 6.08 Å². The third-order valence-electron chi connectivity index (χ3n) is 3.07. The highest BCUT2D eigenvalue weighted by Crippen LogP contribution is 2.11. The van der Waals surface area contributed by atoms with Crippen molar-refractivity contribution in [2.75, 3.05) is 6.61 Å². The number of unbranched alkanes of at least 4 members (excludes halogenated alkanes) is 11. The van der Waals surface area contributed by atoms with E-state index in [9.17, 15) is 0 Å². The third-order valence-corrected chi connectivity index (χ3v) is 3.07. The first-order valence-electron chi connectivity index (χ1n) is 7.13. The average Bonchev–Trinajstić information content (AvgIpc) is 2.31. The molecule has 0 heterocycles. The summed E-state index contributed by atoms with van der Waals surface area (Å²) in [5.74, 6) is 0. The molecule has 0 fully saturated rings. The Morgan fingerprint density at radius 2 is 1.00 bits per heavy atom. The summed E-state index contributed by atoms with van der Waals surface area (Å²) in [7, 11) is 0. The van der Waals surface area contributed by atoms with Gasteiger partial charge in [0, 0.05) is 6.61 Å². The molecule has 1 nitrogen and oxygen atoms in total. The van der Waals surface area contributed by atoms with Crippen LogP contribution in [0.3, 0.4) is 0 Å². The van der Waals surface area contributed by atoms with Gasteiger partial charge in [0.2, 0.25) is 0 Å². The van der Waals surface area contributed by atoms with E-state index in [4.69, 9.17) is 5.11 Å². The standard InChI is InChI=1S/C15H30O/c1-2-3-4-5-6-7-8-9-10-11-12-13-14-15-16/h2,16H,1,3-15H2. The Balaban J connectivity index is 2.85. The van der Waals surface area contributed by atoms with Gasteiger partial charge in [-0.2, -0.15) is 0 Å². The van der Waals surface area contributed by atoms with Gasteiger partial charge in [0.25, 0.3) is 0 Å². The zero-order chi connectivity index (χ0) is 11.9. The maximum Gasteiger partial charge on any atom is 0.0431 e. The number of rotatable bonds is 13. The number of hydrogen-bond donors (Lipinski definition) is 1. The Labute approximate surface area is 102 Å². The summed E-state index contributed by atoms with van der Waals surface area (Å²) < 4.78 is 0. The largest absolute Gasteiger partial charge is 0.396 e. The van der Waals surface area contributed by atoms with E-state index >= 15 is 0 Å². The second kappa shape index (κ2) is 14.7. The van der Waals surface area contributed by atoms with Gasteiger partial charge < -0.3 is 5.11 Å². The minimum atomic E-state index is 0.366. The molecule has 0 aromatic carbocycles. The first kappa shape index (κ1) is 15.7. The zero-order valence-corrected chi connectivity index (χ0v) is 10.9. The SMILES string of the molecule is C=CCCCCCCCCCCCCCO. The van der Waals surface area contributed by atoms with Crippen LogP contribution in [0.2, 0.25) is 0 Å². The Bertz CT molecular complexity index is 131. The Morgan fingerprint density at radius 1 is 0.625 bits per heavy atom. The number of aliphatic hydroxyl groups is 1. The van der Waals surface area contributed by atoms with E-state index < -0.39 is 0 Å². The highest BCUT2D eigenvalue weighted by atomic mass is 16.2. The molecule has 0 aromatic heterocycles. The molecule has 0 bridgehead atoms. The Kier molecular flexibility index (Phi) is 14.4. The van der Waals surface area contributed by atoms with Crippen molar-refractivity contribution in [2.24, 2.45) is 0 Å². The van der Waals surface area contributed by atoms with E-state index in [1.165, 1.54) is 70.6 Å². The summed E-state index contributed by atoms with van der Waals surface area (Å²) in [6, 6.07) is 0. The van der Waals surface area contributed by atoms with Gasteiger partial charge in [-0.3, -0.25) is 0 Å². The molecule has 0 spiro atoms. The van der Waals surface area contributed by atoms with Crippen molar-refractivity contribution in [1.29, 1.82) is 0 Å². The monoisotopic (exact) mass is 226 g/mol. The van der Waals surface area contributed by atoms with Crippen molar-refractivity contribution in [2.45, 2.75) is 77.0 Å². The van der Waals surface area contributed by atoms with Crippen LogP contribution in [0.4, 0.5) is 0 Å². The van der Waals surface area contributed by atoms with Crippen molar-refractivity contribution in [1.82, 2.24) is 0 Å². The molecule has 0 aliphatic heterocycles. The molecule has 0 aliphatic rings. The molecule has 0 radical (unpaired) electrons. The summed E-state index contributed by atoms with van der Waals surface area (Å²) in [6.07, 6.45) is 17.8. The Hall–Kier alpha value is -0.300. The molecule has 0 saturated heterocycles. The highest BCUT2D eigenvalue weighted by Gasteiger charge is 1.92. The molecule has 1 heteroatoms. The predicted octanol–water partition coefficient (Wildman–Crippen LogP) is 4.85. The molecular weight excluding hydrogens is 196 g/mol. The lowest BCUT2D eigenvalue weighted by molar-refractivity contribution is 0.282. The number of hydrogen-bond acceptors (Lipinski definition) is 1. The maximum atomic E-state index is 8.62. The van der Waals surface area contributed by atoms with Gasteiger partial charge in [-0.15, -0.1) is 6.58 Å². The van der Waals surface area contributed by atoms with Gasteiger partial charge in [-0.25, -0.2) is 0 Å². The topological polar surface area (TPSA) is 20.2 Å². The van der Waals surface area contributed by atoms with E-state index in [2.05, 4.69) is 6.58 Å². The fraction of sp³-hybridized carbons (Fsp3) is 0.867. The lowest BCUT2D eigenvalue weighted by atomic mass is 10.1. The van der Waals surface area contributed by atoms with Crippen molar-refractivity contribution in [3.05, 3.63) is 12.7 Å². The summed E-state index contributed by atoms with van der Waals surface area (Å²) in [5.41, 5.74) is 0. The lowest BCUT2D eigenvalue weighted by Crippen LogP contribution is -1.84. The van der Waals surface area contributed by atoms with E-state index in [1.54, 1.807) is 0 Å². The molecule has 0 aliphatic carbocycles. The van der Waals surface area contributed by atoms with Crippen LogP contribution in [-0.2, 0) is 0 Å². The maximum absolute atomic E-state index is 8.62. The van der Waals surface area contributed by atoms with Crippen LogP contribution >= 0.6 is 0 Å². The fourth-order valence-corrected chi connectivity index (χ4v) is 1.99. The van der Waals surface area contributed by atoms with Crippen LogP contribution in [0.25, 0.3) is 0 Å². The van der Waals surface area contributed by atoms with Crippen LogP contribution in [0.1, 0.15) is 77.0 Å². The summed E-state index contributed by atoms with van der Waals surface area (Å²) in [5, 5.41) is 8.62. The molecule has 0 atom stereocenters. The van der Waals surface area contributed by atoms with Crippen molar-refractivity contribution in [3.63, 3.8) is 0 Å². The van der Waals surface area contributed by atoms with Gasteiger partial charge in [0.15, 0.2) is 0 Å². The lowest BCUT2D eigenvalue weighted by Gasteiger charge is -2.01. The van der Waals surface area contributed by atoms with Gasteiger partial charge >= 0.3 is 0 Å². The van der Waals surface area contributed by atoms with Gasteiger partial charge in [0.1, 0.15) is 0 Å². The predicted molar refractivity (Wildman–Crippen MR) is 72.7 cm³/mol. The van der Waals surface area contributed by atoms with E-state index in [0.717, 1.165) is 6.42 Å². The second-order valence-electron chi connectivity index (χ2n) is 4.69. The summed E-state index contributed by atoms with van der Waals surface area (Å²) >= 11 is 0. The highest BCUT2D eigenvalue weighted by molar-refractivity contribution is 4.65. The molecule has 0 unspecified atom stereocenters. The van der Waals surface area contributed by atoms with Crippen molar-refractivity contribution in [3.8, 4) is 0 Å². The van der Waals surface area contributed by atoms with Crippen LogP contribution in [0, 0.1) is 0 Å². The molecule has 96 valence electrons. The zero-order valence-electron chi connectivity index (χ0n) is 10.9. The average molecular weight is 226 g/mol. The summed E-state index contributed by atoms with van der Waals surface area (Å²) in [6.45, 7) is 4.10. The third kappa shape index (κ3) is 13.7. The molecule has 0 aromatic rings. The molecule has 0 amide bonds. The van der Waals surface area contributed by atoms with E-state index in [-0.39, 0.29) is 0 Å².